The van der Waals surface area contributed by atoms with Crippen molar-refractivity contribution in [1.29, 1.82) is 0 Å². The van der Waals surface area contributed by atoms with Crippen LogP contribution in [0.15, 0.2) is 18.3 Å². The van der Waals surface area contributed by atoms with Crippen molar-refractivity contribution in [1.82, 2.24) is 14.6 Å². The van der Waals surface area contributed by atoms with Crippen LogP contribution in [0.4, 0.5) is 11.5 Å². The number of nitrogens with one attached hydrogen (secondary N) is 1. The van der Waals surface area contributed by atoms with Crippen molar-refractivity contribution >= 4 is 21.5 Å². The first kappa shape index (κ1) is 16.6. The van der Waals surface area contributed by atoms with Gasteiger partial charge < -0.3 is 4.90 Å². The van der Waals surface area contributed by atoms with Crippen LogP contribution < -0.4 is 9.62 Å². The molecule has 0 atom stereocenters. The first-order valence-electron chi connectivity index (χ1n) is 6.87. The maximum atomic E-state index is 11.0. The lowest BCUT2D eigenvalue weighted by atomic mass is 10.3. The van der Waals surface area contributed by atoms with Crippen molar-refractivity contribution in [2.45, 2.75) is 0 Å². The van der Waals surface area contributed by atoms with E-state index in [9.17, 15) is 18.5 Å². The summed E-state index contributed by atoms with van der Waals surface area (Å²) in [4.78, 5) is 18.5. The number of nitro groups is 1. The third-order valence-corrected chi connectivity index (χ3v) is 4.16. The molecule has 10 heteroatoms. The van der Waals surface area contributed by atoms with E-state index in [0.717, 1.165) is 38.3 Å². The zero-order valence-electron chi connectivity index (χ0n) is 12.3. The molecular weight excluding hydrogens is 310 g/mol. The third-order valence-electron chi connectivity index (χ3n) is 3.43. The number of hydrogen-bond donors (Lipinski definition) is 1. The maximum Gasteiger partial charge on any atom is 0.287 e. The van der Waals surface area contributed by atoms with Crippen LogP contribution in [0.3, 0.4) is 0 Å². The van der Waals surface area contributed by atoms with E-state index >= 15 is 0 Å². The highest BCUT2D eigenvalue weighted by atomic mass is 32.2. The summed E-state index contributed by atoms with van der Waals surface area (Å²) in [6.45, 7) is 4.16. The molecule has 122 valence electrons. The number of pyridine rings is 1. The standard InChI is InChI=1S/C12H19N5O4S/c1-22(20,21)14-4-5-15-6-8-16(9-7-15)12-3-2-11(10-13-12)17(18)19/h2-3,10,14H,4-9H2,1H3. The summed E-state index contributed by atoms with van der Waals surface area (Å²) < 4.78 is 24.5. The summed E-state index contributed by atoms with van der Waals surface area (Å²) in [7, 11) is -3.14. The monoisotopic (exact) mass is 329 g/mol. The highest BCUT2D eigenvalue weighted by Crippen LogP contribution is 2.17. The number of nitrogens with zero attached hydrogens (tertiary/aromatic N) is 4. The molecule has 0 aromatic carbocycles. The van der Waals surface area contributed by atoms with Gasteiger partial charge in [-0.2, -0.15) is 0 Å². The van der Waals surface area contributed by atoms with E-state index in [1.54, 1.807) is 6.07 Å². The molecule has 0 amide bonds. The highest BCUT2D eigenvalue weighted by Gasteiger charge is 2.18. The Hall–Kier alpha value is -1.78. The predicted molar refractivity (Wildman–Crippen MR) is 82.4 cm³/mol. The summed E-state index contributed by atoms with van der Waals surface area (Å²) in [6.07, 6.45) is 2.41. The molecule has 2 rings (SSSR count). The molecule has 22 heavy (non-hydrogen) atoms. The van der Waals surface area contributed by atoms with Crippen molar-refractivity contribution in [3.63, 3.8) is 0 Å². The van der Waals surface area contributed by atoms with Gasteiger partial charge in [-0.25, -0.2) is 18.1 Å². The number of hydrogen-bond acceptors (Lipinski definition) is 7. The third kappa shape index (κ3) is 4.90. The van der Waals surface area contributed by atoms with Crippen LogP contribution in [0.25, 0.3) is 0 Å². The molecule has 1 saturated heterocycles. The van der Waals surface area contributed by atoms with Gasteiger partial charge in [-0.1, -0.05) is 0 Å². The number of anilines is 1. The molecule has 1 aromatic rings. The zero-order chi connectivity index (χ0) is 16.2. The van der Waals surface area contributed by atoms with Crippen LogP contribution in [0.2, 0.25) is 0 Å². The van der Waals surface area contributed by atoms with E-state index in [0.29, 0.717) is 13.1 Å². The van der Waals surface area contributed by atoms with Gasteiger partial charge in [0.05, 0.1) is 11.2 Å². The second-order valence-electron chi connectivity index (χ2n) is 5.13. The molecule has 1 N–H and O–H groups in total. The Labute approximate surface area is 129 Å². The molecule has 1 aliphatic rings. The lowest BCUT2D eigenvalue weighted by Crippen LogP contribution is -2.48. The van der Waals surface area contributed by atoms with Crippen molar-refractivity contribution < 1.29 is 13.3 Å². The van der Waals surface area contributed by atoms with E-state index in [-0.39, 0.29) is 5.69 Å². The Bertz CT molecular complexity index is 611. The molecule has 0 bridgehead atoms. The fourth-order valence-electron chi connectivity index (χ4n) is 2.26. The molecule has 0 spiro atoms. The second-order valence-corrected chi connectivity index (χ2v) is 6.96. The quantitative estimate of drug-likeness (QED) is 0.562. The highest BCUT2D eigenvalue weighted by molar-refractivity contribution is 7.88. The molecule has 0 unspecified atom stereocenters. The predicted octanol–water partition coefficient (Wildman–Crippen LogP) is -0.339. The first-order chi connectivity index (χ1) is 10.3. The normalized spacial score (nSPS) is 16.7. The molecule has 0 radical (unpaired) electrons. The van der Waals surface area contributed by atoms with Gasteiger partial charge in [0.1, 0.15) is 12.0 Å². The minimum Gasteiger partial charge on any atom is -0.354 e. The van der Waals surface area contributed by atoms with Crippen LogP contribution in [0, 0.1) is 10.1 Å². The lowest BCUT2D eigenvalue weighted by molar-refractivity contribution is -0.385. The second kappa shape index (κ2) is 6.99. The van der Waals surface area contributed by atoms with Crippen molar-refractivity contribution in [3.8, 4) is 0 Å². The van der Waals surface area contributed by atoms with Gasteiger partial charge in [-0.15, -0.1) is 0 Å². The number of aromatic nitrogens is 1. The molecule has 2 heterocycles. The van der Waals surface area contributed by atoms with E-state index in [1.807, 2.05) is 0 Å². The SMILES string of the molecule is CS(=O)(=O)NCCN1CCN(c2ccc([N+](=O)[O-])cn2)CC1. The van der Waals surface area contributed by atoms with Crippen molar-refractivity contribution in [2.75, 3.05) is 50.4 Å². The van der Waals surface area contributed by atoms with Gasteiger partial charge in [0.2, 0.25) is 10.0 Å². The zero-order valence-corrected chi connectivity index (χ0v) is 13.1. The van der Waals surface area contributed by atoms with Crippen LogP contribution in [-0.2, 0) is 10.0 Å². The molecule has 0 aliphatic carbocycles. The van der Waals surface area contributed by atoms with E-state index in [4.69, 9.17) is 0 Å². The number of sulfonamides is 1. The Morgan fingerprint density at radius 3 is 2.50 bits per heavy atom. The number of rotatable bonds is 6. The van der Waals surface area contributed by atoms with Gasteiger partial charge in [0, 0.05) is 45.3 Å². The molecule has 1 aromatic heterocycles. The largest absolute Gasteiger partial charge is 0.354 e. The number of piperazine rings is 1. The van der Waals surface area contributed by atoms with E-state index < -0.39 is 14.9 Å². The van der Waals surface area contributed by atoms with Crippen LogP contribution in [0.1, 0.15) is 0 Å². The molecule has 0 saturated carbocycles. The summed E-state index contributed by atoms with van der Waals surface area (Å²) in [5.41, 5.74) is -0.0192. The summed E-state index contributed by atoms with van der Waals surface area (Å²) in [5.74, 6) is 0.722. The lowest BCUT2D eigenvalue weighted by Gasteiger charge is -2.35. The van der Waals surface area contributed by atoms with Crippen LogP contribution >= 0.6 is 0 Å². The fourth-order valence-corrected chi connectivity index (χ4v) is 2.73. The Balaban J connectivity index is 1.80. The van der Waals surface area contributed by atoms with Gasteiger partial charge in [-0.3, -0.25) is 15.0 Å². The minimum atomic E-state index is -3.14. The topological polar surface area (TPSA) is 109 Å². The van der Waals surface area contributed by atoms with Gasteiger partial charge in [0.15, 0.2) is 0 Å². The van der Waals surface area contributed by atoms with Gasteiger partial charge >= 0.3 is 0 Å². The minimum absolute atomic E-state index is 0.0192. The summed E-state index contributed by atoms with van der Waals surface area (Å²) >= 11 is 0. The average Bonchev–Trinajstić information content (AvgIpc) is 2.47. The molecule has 1 fully saturated rings. The van der Waals surface area contributed by atoms with E-state index in [1.165, 1.54) is 12.3 Å². The Kier molecular flexibility index (Phi) is 5.27. The Morgan fingerprint density at radius 1 is 1.32 bits per heavy atom. The molecule has 9 nitrogen and oxygen atoms in total. The summed E-state index contributed by atoms with van der Waals surface area (Å²) in [5, 5.41) is 10.6. The maximum absolute atomic E-state index is 11.0. The first-order valence-corrected chi connectivity index (χ1v) is 8.77. The van der Waals surface area contributed by atoms with Gasteiger partial charge in [0.25, 0.3) is 5.69 Å². The Morgan fingerprint density at radius 2 is 2.00 bits per heavy atom. The average molecular weight is 329 g/mol. The van der Waals surface area contributed by atoms with Crippen LogP contribution in [0.5, 0.6) is 0 Å². The molecule has 1 aliphatic heterocycles. The van der Waals surface area contributed by atoms with Gasteiger partial charge in [-0.05, 0) is 6.07 Å². The van der Waals surface area contributed by atoms with Crippen molar-refractivity contribution in [2.24, 2.45) is 0 Å². The van der Waals surface area contributed by atoms with Crippen LogP contribution in [-0.4, -0.2) is 68.7 Å². The smallest absolute Gasteiger partial charge is 0.287 e. The summed E-state index contributed by atoms with van der Waals surface area (Å²) in [6, 6.07) is 3.10. The van der Waals surface area contributed by atoms with Crippen molar-refractivity contribution in [3.05, 3.63) is 28.4 Å². The molecular formula is C12H19N5O4S. The van der Waals surface area contributed by atoms with E-state index in [2.05, 4.69) is 19.5 Å². The fraction of sp³-hybridized carbons (Fsp3) is 0.583.